The predicted molar refractivity (Wildman–Crippen MR) is 133 cm³/mol. The van der Waals surface area contributed by atoms with E-state index in [9.17, 15) is 9.59 Å². The highest BCUT2D eigenvalue weighted by Gasteiger charge is 2.40. The Morgan fingerprint density at radius 1 is 1.09 bits per heavy atom. The second-order valence-electron chi connectivity index (χ2n) is 9.53. The summed E-state index contributed by atoms with van der Waals surface area (Å²) in [6, 6.07) is 15.2. The van der Waals surface area contributed by atoms with E-state index in [4.69, 9.17) is 16.6 Å². The fraction of sp³-hybridized carbons (Fsp3) is 0.296. The van der Waals surface area contributed by atoms with E-state index in [0.717, 1.165) is 23.2 Å². The number of allylic oxidation sites excluding steroid dienone is 2. The van der Waals surface area contributed by atoms with E-state index < -0.39 is 6.04 Å². The highest BCUT2D eigenvalue weighted by Crippen LogP contribution is 2.43. The molecule has 3 aromatic rings. The Hall–Kier alpha value is -2.76. The van der Waals surface area contributed by atoms with Crippen molar-refractivity contribution in [3.05, 3.63) is 101 Å². The Bertz CT molecular complexity index is 1460. The maximum Gasteiger partial charge on any atom is 0.271 e. The van der Waals surface area contributed by atoms with Crippen molar-refractivity contribution < 1.29 is 4.79 Å². The van der Waals surface area contributed by atoms with Crippen LogP contribution in [0.1, 0.15) is 56.3 Å². The maximum absolute atomic E-state index is 13.6. The molecule has 4 nitrogen and oxygen atoms in total. The number of nitrogens with zero attached hydrogens (tertiary/aromatic N) is 2. The molecule has 33 heavy (non-hydrogen) atoms. The average Bonchev–Trinajstić information content (AvgIpc) is 3.07. The number of carbonyl (C=O) groups is 1. The Labute approximate surface area is 201 Å². The summed E-state index contributed by atoms with van der Waals surface area (Å²) in [4.78, 5) is 32.4. The molecule has 2 aromatic carbocycles. The lowest BCUT2D eigenvalue weighted by Crippen LogP contribution is -2.42. The molecule has 1 aromatic heterocycles. The van der Waals surface area contributed by atoms with Crippen molar-refractivity contribution >= 4 is 34.8 Å². The van der Waals surface area contributed by atoms with Crippen LogP contribution in [0.3, 0.4) is 0 Å². The van der Waals surface area contributed by atoms with Crippen molar-refractivity contribution in [3.63, 3.8) is 0 Å². The lowest BCUT2D eigenvalue weighted by Gasteiger charge is -2.35. The van der Waals surface area contributed by atoms with Gasteiger partial charge in [0, 0.05) is 17.0 Å². The SMILES string of the molecule is CCc1ccc(C=c2sc3n(c2=O)C(c2ccc(Cl)cc2)C2=C(CC(C)(C)CC2=O)N=3)cc1. The Morgan fingerprint density at radius 2 is 1.79 bits per heavy atom. The fourth-order valence-corrected chi connectivity index (χ4v) is 5.86. The summed E-state index contributed by atoms with van der Waals surface area (Å²) < 4.78 is 2.30. The number of fused-ring (bicyclic) bond motifs is 1. The van der Waals surface area contributed by atoms with Gasteiger partial charge in [0.2, 0.25) is 0 Å². The van der Waals surface area contributed by atoms with Crippen molar-refractivity contribution in [1.82, 2.24) is 4.57 Å². The van der Waals surface area contributed by atoms with Gasteiger partial charge in [0.15, 0.2) is 10.6 Å². The van der Waals surface area contributed by atoms with Gasteiger partial charge in [-0.3, -0.25) is 14.2 Å². The molecule has 0 fully saturated rings. The summed E-state index contributed by atoms with van der Waals surface area (Å²) >= 11 is 7.51. The van der Waals surface area contributed by atoms with Crippen molar-refractivity contribution in [1.29, 1.82) is 0 Å². The molecule has 0 spiro atoms. The van der Waals surface area contributed by atoms with E-state index in [1.807, 2.05) is 30.3 Å². The van der Waals surface area contributed by atoms with Crippen LogP contribution in [0.25, 0.3) is 6.08 Å². The third-order valence-corrected chi connectivity index (χ3v) is 7.60. The van der Waals surface area contributed by atoms with Gasteiger partial charge in [-0.1, -0.05) is 80.1 Å². The quantitative estimate of drug-likeness (QED) is 0.544. The second-order valence-corrected chi connectivity index (χ2v) is 11.0. The fourth-order valence-electron chi connectivity index (χ4n) is 4.71. The van der Waals surface area contributed by atoms with Crippen molar-refractivity contribution in [2.75, 3.05) is 0 Å². The predicted octanol–water partition coefficient (Wildman–Crippen LogP) is 4.82. The van der Waals surface area contributed by atoms with Crippen LogP contribution in [0.4, 0.5) is 0 Å². The topological polar surface area (TPSA) is 51.4 Å². The van der Waals surface area contributed by atoms with Gasteiger partial charge in [-0.25, -0.2) is 4.99 Å². The number of aromatic nitrogens is 1. The molecule has 1 aliphatic carbocycles. The van der Waals surface area contributed by atoms with Crippen LogP contribution < -0.4 is 14.9 Å². The third-order valence-electron chi connectivity index (χ3n) is 6.37. The van der Waals surface area contributed by atoms with Crippen LogP contribution in [0.5, 0.6) is 0 Å². The number of Topliss-reactive ketones (excluding diaryl/α,β-unsaturated/α-hetero) is 1. The first-order valence-corrected chi connectivity index (χ1v) is 12.4. The van der Waals surface area contributed by atoms with Crippen LogP contribution in [-0.4, -0.2) is 10.4 Å². The molecule has 0 saturated heterocycles. The zero-order valence-electron chi connectivity index (χ0n) is 18.9. The number of halogens is 1. The van der Waals surface area contributed by atoms with Crippen LogP contribution in [0.15, 0.2) is 69.6 Å². The van der Waals surface area contributed by atoms with E-state index in [1.54, 1.807) is 16.7 Å². The molecule has 0 bridgehead atoms. The van der Waals surface area contributed by atoms with Crippen LogP contribution in [0.2, 0.25) is 5.02 Å². The minimum atomic E-state index is -0.485. The minimum absolute atomic E-state index is 0.0642. The number of ketones is 1. The number of hydrogen-bond donors (Lipinski definition) is 0. The zero-order valence-corrected chi connectivity index (χ0v) is 20.5. The summed E-state index contributed by atoms with van der Waals surface area (Å²) in [7, 11) is 0. The van der Waals surface area contributed by atoms with E-state index >= 15 is 0 Å². The van der Waals surface area contributed by atoms with Gasteiger partial charge >= 0.3 is 0 Å². The van der Waals surface area contributed by atoms with Gasteiger partial charge in [0.05, 0.1) is 16.3 Å². The van der Waals surface area contributed by atoms with Crippen LogP contribution in [0, 0.1) is 5.41 Å². The summed E-state index contributed by atoms with van der Waals surface area (Å²) in [5.41, 5.74) is 4.27. The second kappa shape index (κ2) is 8.23. The molecule has 1 aliphatic heterocycles. The summed E-state index contributed by atoms with van der Waals surface area (Å²) in [6.45, 7) is 6.31. The molecule has 0 saturated carbocycles. The standard InChI is InChI=1S/C27H25ClN2O2S/c1-4-16-5-7-17(8-6-16)13-22-25(32)30-24(18-9-11-19(28)12-10-18)23-20(29-26(30)33-22)14-27(2,3)15-21(23)31/h5-13,24H,4,14-15H2,1-3H3. The molecule has 5 rings (SSSR count). The molecule has 2 heterocycles. The van der Waals surface area contributed by atoms with Crippen molar-refractivity contribution in [2.24, 2.45) is 10.4 Å². The van der Waals surface area contributed by atoms with Gasteiger partial charge in [-0.2, -0.15) is 0 Å². The number of benzene rings is 2. The van der Waals surface area contributed by atoms with Gasteiger partial charge < -0.3 is 0 Å². The molecule has 2 aliphatic rings. The molecule has 0 N–H and O–H groups in total. The van der Waals surface area contributed by atoms with Gasteiger partial charge in [-0.15, -0.1) is 0 Å². The molecule has 168 valence electrons. The normalized spacial score (nSPS) is 19.8. The van der Waals surface area contributed by atoms with Gasteiger partial charge in [0.1, 0.15) is 0 Å². The van der Waals surface area contributed by atoms with Gasteiger partial charge in [-0.05, 0) is 53.2 Å². The lowest BCUT2D eigenvalue weighted by atomic mass is 9.73. The van der Waals surface area contributed by atoms with Crippen molar-refractivity contribution in [2.45, 2.75) is 46.1 Å². The largest absolute Gasteiger partial charge is 0.294 e. The lowest BCUT2D eigenvalue weighted by molar-refractivity contribution is -0.118. The first-order chi connectivity index (χ1) is 15.8. The number of thiazole rings is 1. The van der Waals surface area contributed by atoms with E-state index in [1.165, 1.54) is 16.9 Å². The average molecular weight is 477 g/mol. The summed E-state index contributed by atoms with van der Waals surface area (Å²) in [6.07, 6.45) is 4.04. The highest BCUT2D eigenvalue weighted by molar-refractivity contribution is 7.07. The number of rotatable bonds is 3. The molecule has 1 unspecified atom stereocenters. The van der Waals surface area contributed by atoms with E-state index in [-0.39, 0.29) is 16.8 Å². The zero-order chi connectivity index (χ0) is 23.3. The monoisotopic (exact) mass is 476 g/mol. The van der Waals surface area contributed by atoms with Crippen molar-refractivity contribution in [3.8, 4) is 0 Å². The first-order valence-electron chi connectivity index (χ1n) is 11.2. The smallest absolute Gasteiger partial charge is 0.271 e. The van der Waals surface area contributed by atoms with Crippen LogP contribution >= 0.6 is 22.9 Å². The number of aryl methyl sites for hydroxylation is 1. The Morgan fingerprint density at radius 3 is 2.45 bits per heavy atom. The molecular weight excluding hydrogens is 452 g/mol. The highest BCUT2D eigenvalue weighted by atomic mass is 35.5. The molecular formula is C27H25ClN2O2S. The Balaban J connectivity index is 1.73. The molecule has 6 heteroatoms. The van der Waals surface area contributed by atoms with Crippen LogP contribution in [-0.2, 0) is 11.2 Å². The summed E-state index contributed by atoms with van der Waals surface area (Å²) in [5, 5.41) is 0.618. The molecule has 1 atom stereocenters. The third kappa shape index (κ3) is 4.04. The van der Waals surface area contributed by atoms with E-state index in [2.05, 4.69) is 32.9 Å². The minimum Gasteiger partial charge on any atom is -0.294 e. The first kappa shape index (κ1) is 22.1. The van der Waals surface area contributed by atoms with Gasteiger partial charge in [0.25, 0.3) is 5.56 Å². The summed E-state index contributed by atoms with van der Waals surface area (Å²) in [5.74, 6) is 0.0642. The Kier molecular flexibility index (Phi) is 5.50. The number of carbonyl (C=O) groups excluding carboxylic acids is 1. The molecule has 0 amide bonds. The number of hydrogen-bond acceptors (Lipinski definition) is 4. The maximum atomic E-state index is 13.6. The molecule has 0 radical (unpaired) electrons. The van der Waals surface area contributed by atoms with E-state index in [0.29, 0.717) is 32.8 Å².